The maximum Gasteiger partial charge on any atom is 0.220 e. The quantitative estimate of drug-likeness (QED) is 0.878. The minimum absolute atomic E-state index is 0.413. The first-order chi connectivity index (χ1) is 10.7. The van der Waals surface area contributed by atoms with Crippen molar-refractivity contribution in [3.05, 3.63) is 46.8 Å². The Morgan fingerprint density at radius 1 is 1.18 bits per heavy atom. The van der Waals surface area contributed by atoms with Crippen molar-refractivity contribution in [2.75, 3.05) is 17.2 Å². The van der Waals surface area contributed by atoms with E-state index in [1.54, 1.807) is 0 Å². The molecule has 2 N–H and O–H groups in total. The molecule has 0 spiro atoms. The molecular formula is C18H22N4. The lowest BCUT2D eigenvalue weighted by Gasteiger charge is -2.40. The second-order valence-corrected chi connectivity index (χ2v) is 6.41. The number of benzene rings is 1. The Bertz CT molecular complexity index is 710. The number of hydrogen-bond acceptors (Lipinski definition) is 4. The molecule has 114 valence electrons. The third kappa shape index (κ3) is 2.23. The average molecular weight is 294 g/mol. The summed E-state index contributed by atoms with van der Waals surface area (Å²) in [4.78, 5) is 11.4. The van der Waals surface area contributed by atoms with Crippen molar-refractivity contribution in [1.29, 1.82) is 0 Å². The maximum atomic E-state index is 5.85. The Morgan fingerprint density at radius 2 is 2.05 bits per heavy atom. The molecule has 0 saturated heterocycles. The molecule has 0 bridgehead atoms. The van der Waals surface area contributed by atoms with E-state index < -0.39 is 0 Å². The van der Waals surface area contributed by atoms with Gasteiger partial charge in [0.25, 0.3) is 0 Å². The first-order valence-electron chi connectivity index (χ1n) is 8.19. The summed E-state index contributed by atoms with van der Waals surface area (Å²) >= 11 is 0. The van der Waals surface area contributed by atoms with Crippen LogP contribution in [0.1, 0.15) is 35.4 Å². The monoisotopic (exact) mass is 294 g/mol. The lowest BCUT2D eigenvalue weighted by atomic mass is 9.88. The number of rotatable bonds is 1. The summed E-state index contributed by atoms with van der Waals surface area (Å²) in [5.74, 6) is 0.413. The van der Waals surface area contributed by atoms with Gasteiger partial charge in [-0.15, -0.1) is 0 Å². The molecule has 1 aromatic heterocycles. The molecule has 0 radical (unpaired) electrons. The van der Waals surface area contributed by atoms with Gasteiger partial charge in [-0.3, -0.25) is 0 Å². The summed E-state index contributed by atoms with van der Waals surface area (Å²) in [5.41, 5.74) is 12.3. The molecule has 0 amide bonds. The zero-order valence-corrected chi connectivity index (χ0v) is 13.0. The van der Waals surface area contributed by atoms with Gasteiger partial charge in [0.15, 0.2) is 0 Å². The van der Waals surface area contributed by atoms with E-state index in [2.05, 4.69) is 39.1 Å². The molecule has 4 rings (SSSR count). The maximum absolute atomic E-state index is 5.85. The molecule has 0 fully saturated rings. The third-order valence-electron chi connectivity index (χ3n) is 5.06. The molecular weight excluding hydrogens is 272 g/mol. The third-order valence-corrected chi connectivity index (χ3v) is 5.06. The van der Waals surface area contributed by atoms with Crippen LogP contribution in [0.5, 0.6) is 0 Å². The molecule has 2 aromatic rings. The number of nitrogens with zero attached hydrogens (tertiary/aromatic N) is 3. The predicted molar refractivity (Wildman–Crippen MR) is 89.1 cm³/mol. The van der Waals surface area contributed by atoms with Crippen LogP contribution >= 0.6 is 0 Å². The summed E-state index contributed by atoms with van der Waals surface area (Å²) in [6, 6.07) is 9.36. The van der Waals surface area contributed by atoms with Gasteiger partial charge >= 0.3 is 0 Å². The summed E-state index contributed by atoms with van der Waals surface area (Å²) in [7, 11) is 0. The molecule has 1 aromatic carbocycles. The number of hydrogen-bond donors (Lipinski definition) is 1. The standard InChI is InChI=1S/C18H22N4/c1-12-15-9-8-14(11-16(15)21-18(19)20-12)22-10-4-6-13-5-2-3-7-17(13)22/h2-3,5,7,14H,4,6,8-11H2,1H3,(H2,19,20,21)/t14-/m1/s1. The molecule has 0 unspecified atom stereocenters. The van der Waals surface area contributed by atoms with Gasteiger partial charge in [0, 0.05) is 30.4 Å². The highest BCUT2D eigenvalue weighted by Crippen LogP contribution is 2.33. The van der Waals surface area contributed by atoms with Gasteiger partial charge in [0.2, 0.25) is 5.95 Å². The van der Waals surface area contributed by atoms with Gasteiger partial charge in [-0.2, -0.15) is 0 Å². The van der Waals surface area contributed by atoms with Crippen LogP contribution in [0.25, 0.3) is 0 Å². The number of nitrogen functional groups attached to an aromatic ring is 1. The minimum Gasteiger partial charge on any atom is -0.368 e. The van der Waals surface area contributed by atoms with Crippen LogP contribution in [-0.2, 0) is 19.3 Å². The van der Waals surface area contributed by atoms with Gasteiger partial charge in [-0.1, -0.05) is 18.2 Å². The van der Waals surface area contributed by atoms with E-state index >= 15 is 0 Å². The lowest BCUT2D eigenvalue weighted by molar-refractivity contribution is 0.495. The highest BCUT2D eigenvalue weighted by atomic mass is 15.2. The van der Waals surface area contributed by atoms with Gasteiger partial charge in [-0.05, 0) is 49.8 Å². The zero-order valence-electron chi connectivity index (χ0n) is 13.0. The number of nitrogens with two attached hydrogens (primary N) is 1. The summed E-state index contributed by atoms with van der Waals surface area (Å²) in [6.45, 7) is 3.20. The molecule has 0 saturated carbocycles. The topological polar surface area (TPSA) is 55.0 Å². The lowest BCUT2D eigenvalue weighted by Crippen LogP contribution is -2.42. The summed E-state index contributed by atoms with van der Waals surface area (Å²) in [6.07, 6.45) is 5.66. The van der Waals surface area contributed by atoms with Crippen molar-refractivity contribution in [3.8, 4) is 0 Å². The van der Waals surface area contributed by atoms with E-state index in [4.69, 9.17) is 5.73 Å². The fourth-order valence-corrected chi connectivity index (χ4v) is 4.02. The predicted octanol–water partition coefficient (Wildman–Crippen LogP) is 2.68. The smallest absolute Gasteiger partial charge is 0.220 e. The van der Waals surface area contributed by atoms with Crippen LogP contribution in [0.4, 0.5) is 11.6 Å². The highest BCUT2D eigenvalue weighted by molar-refractivity contribution is 5.56. The molecule has 2 aliphatic rings. The van der Waals surface area contributed by atoms with E-state index in [-0.39, 0.29) is 0 Å². The normalized spacial score (nSPS) is 20.4. The van der Waals surface area contributed by atoms with Gasteiger partial charge in [-0.25, -0.2) is 9.97 Å². The van der Waals surface area contributed by atoms with Crippen molar-refractivity contribution in [2.45, 2.75) is 45.1 Å². The van der Waals surface area contributed by atoms with E-state index in [1.807, 2.05) is 6.92 Å². The Kier molecular flexibility index (Phi) is 3.25. The summed E-state index contributed by atoms with van der Waals surface area (Å²) < 4.78 is 0. The molecule has 4 nitrogen and oxygen atoms in total. The molecule has 2 heterocycles. The molecule has 22 heavy (non-hydrogen) atoms. The van der Waals surface area contributed by atoms with Crippen molar-refractivity contribution in [3.63, 3.8) is 0 Å². The number of anilines is 2. The SMILES string of the molecule is Cc1nc(N)nc2c1CC[C@@H](N1CCCc3ccccc31)C2. The second-order valence-electron chi connectivity index (χ2n) is 6.41. The second kappa shape index (κ2) is 5.27. The van der Waals surface area contributed by atoms with Gasteiger partial charge in [0.05, 0.1) is 5.69 Å². The molecule has 1 aliphatic carbocycles. The van der Waals surface area contributed by atoms with Crippen molar-refractivity contribution in [1.82, 2.24) is 9.97 Å². The Morgan fingerprint density at radius 3 is 2.95 bits per heavy atom. The Balaban J connectivity index is 1.66. The highest BCUT2D eigenvalue weighted by Gasteiger charge is 2.29. The van der Waals surface area contributed by atoms with Crippen LogP contribution in [0.2, 0.25) is 0 Å². The fraction of sp³-hybridized carbons (Fsp3) is 0.444. The average Bonchev–Trinajstić information content (AvgIpc) is 2.53. The van der Waals surface area contributed by atoms with Crippen LogP contribution in [-0.4, -0.2) is 22.6 Å². The fourth-order valence-electron chi connectivity index (χ4n) is 4.02. The van der Waals surface area contributed by atoms with Crippen molar-refractivity contribution >= 4 is 11.6 Å². The largest absolute Gasteiger partial charge is 0.368 e. The van der Waals surface area contributed by atoms with Gasteiger partial charge < -0.3 is 10.6 Å². The number of aromatic nitrogens is 2. The minimum atomic E-state index is 0.413. The van der Waals surface area contributed by atoms with Crippen molar-refractivity contribution < 1.29 is 0 Å². The van der Waals surface area contributed by atoms with E-state index in [9.17, 15) is 0 Å². The number of para-hydroxylation sites is 1. The molecule has 4 heteroatoms. The number of aryl methyl sites for hydroxylation is 2. The summed E-state index contributed by atoms with van der Waals surface area (Å²) in [5, 5.41) is 0. The van der Waals surface area contributed by atoms with E-state index in [0.29, 0.717) is 12.0 Å². The van der Waals surface area contributed by atoms with Crippen LogP contribution in [0.3, 0.4) is 0 Å². The van der Waals surface area contributed by atoms with Crippen LogP contribution < -0.4 is 10.6 Å². The van der Waals surface area contributed by atoms with E-state index in [1.165, 1.54) is 36.1 Å². The van der Waals surface area contributed by atoms with Crippen LogP contribution in [0, 0.1) is 6.92 Å². The first kappa shape index (κ1) is 13.6. The molecule has 1 aliphatic heterocycles. The molecule has 1 atom stereocenters. The zero-order chi connectivity index (χ0) is 15.1. The van der Waals surface area contributed by atoms with Gasteiger partial charge in [0.1, 0.15) is 0 Å². The number of fused-ring (bicyclic) bond motifs is 2. The Labute approximate surface area is 131 Å². The first-order valence-corrected chi connectivity index (χ1v) is 8.19. The Hall–Kier alpha value is -2.10. The van der Waals surface area contributed by atoms with E-state index in [0.717, 1.165) is 30.8 Å². The van der Waals surface area contributed by atoms with Crippen LogP contribution in [0.15, 0.2) is 24.3 Å². The van der Waals surface area contributed by atoms with Crippen molar-refractivity contribution in [2.24, 2.45) is 0 Å².